The van der Waals surface area contributed by atoms with Crippen molar-refractivity contribution in [3.05, 3.63) is 12.3 Å². The van der Waals surface area contributed by atoms with Crippen LogP contribution in [0, 0.1) is 0 Å². The van der Waals surface area contributed by atoms with Crippen molar-refractivity contribution >= 4 is 11.8 Å². The van der Waals surface area contributed by atoms with Gasteiger partial charge >= 0.3 is 0 Å². The zero-order chi connectivity index (χ0) is 10.5. The number of hydrogen-bond acceptors (Lipinski definition) is 5. The van der Waals surface area contributed by atoms with E-state index in [1.807, 2.05) is 6.07 Å². The Kier molecular flexibility index (Phi) is 3.34. The van der Waals surface area contributed by atoms with Crippen LogP contribution in [0.4, 0.5) is 11.8 Å². The minimum Gasteiger partial charge on any atom is -0.383 e. The fourth-order valence-corrected chi connectivity index (χ4v) is 1.22. The molecule has 82 valence electrons. The highest BCUT2D eigenvalue weighted by atomic mass is 16.5. The summed E-state index contributed by atoms with van der Waals surface area (Å²) in [4.78, 5) is 8.49. The Morgan fingerprint density at radius 2 is 2.40 bits per heavy atom. The summed E-state index contributed by atoms with van der Waals surface area (Å²) in [5.41, 5.74) is 0. The minimum atomic E-state index is 0.583. The van der Waals surface area contributed by atoms with Crippen LogP contribution < -0.4 is 10.6 Å². The summed E-state index contributed by atoms with van der Waals surface area (Å²) in [5.74, 6) is 1.55. The third kappa shape index (κ3) is 3.36. The van der Waals surface area contributed by atoms with Gasteiger partial charge in [0.2, 0.25) is 5.95 Å². The summed E-state index contributed by atoms with van der Waals surface area (Å²) < 4.78 is 4.95. The van der Waals surface area contributed by atoms with Crippen molar-refractivity contribution in [3.8, 4) is 0 Å². The number of nitrogens with one attached hydrogen (secondary N) is 2. The number of methoxy groups -OCH3 is 1. The average Bonchev–Trinajstić information content (AvgIpc) is 3.03. The Balaban J connectivity index is 1.86. The zero-order valence-electron chi connectivity index (χ0n) is 8.86. The largest absolute Gasteiger partial charge is 0.383 e. The van der Waals surface area contributed by atoms with E-state index >= 15 is 0 Å². The van der Waals surface area contributed by atoms with Gasteiger partial charge in [-0.25, -0.2) is 4.98 Å². The van der Waals surface area contributed by atoms with Crippen LogP contribution in [-0.2, 0) is 4.74 Å². The smallest absolute Gasteiger partial charge is 0.224 e. The van der Waals surface area contributed by atoms with Gasteiger partial charge in [0.25, 0.3) is 0 Å². The van der Waals surface area contributed by atoms with Crippen molar-refractivity contribution in [2.45, 2.75) is 18.9 Å². The predicted molar refractivity (Wildman–Crippen MR) is 59.0 cm³/mol. The highest BCUT2D eigenvalue weighted by Crippen LogP contribution is 2.22. The van der Waals surface area contributed by atoms with E-state index < -0.39 is 0 Å². The van der Waals surface area contributed by atoms with E-state index in [1.165, 1.54) is 12.8 Å². The van der Waals surface area contributed by atoms with E-state index in [0.29, 0.717) is 18.6 Å². The van der Waals surface area contributed by atoms with E-state index in [4.69, 9.17) is 4.74 Å². The highest BCUT2D eigenvalue weighted by Gasteiger charge is 2.21. The van der Waals surface area contributed by atoms with Gasteiger partial charge in [-0.3, -0.25) is 0 Å². The number of aromatic nitrogens is 2. The summed E-state index contributed by atoms with van der Waals surface area (Å²) in [7, 11) is 1.68. The lowest BCUT2D eigenvalue weighted by Gasteiger charge is -2.06. The first kappa shape index (κ1) is 10.2. The molecule has 1 saturated carbocycles. The lowest BCUT2D eigenvalue weighted by molar-refractivity contribution is 0.210. The lowest BCUT2D eigenvalue weighted by atomic mass is 10.5. The molecule has 0 spiro atoms. The van der Waals surface area contributed by atoms with Gasteiger partial charge in [-0.15, -0.1) is 0 Å². The first-order chi connectivity index (χ1) is 7.38. The Bertz CT molecular complexity index is 314. The normalized spacial score (nSPS) is 15.0. The molecular weight excluding hydrogens is 192 g/mol. The van der Waals surface area contributed by atoms with Crippen LogP contribution in [0.3, 0.4) is 0 Å². The molecule has 0 aromatic carbocycles. The highest BCUT2D eigenvalue weighted by molar-refractivity contribution is 5.40. The summed E-state index contributed by atoms with van der Waals surface area (Å²) in [6.07, 6.45) is 4.21. The standard InChI is InChI=1S/C10H16N4O/c1-15-7-6-11-9-4-5-12-10(14-9)13-8-2-3-8/h4-5,8H,2-3,6-7H2,1H3,(H2,11,12,13,14). The molecule has 5 nitrogen and oxygen atoms in total. The summed E-state index contributed by atoms with van der Waals surface area (Å²) >= 11 is 0. The lowest BCUT2D eigenvalue weighted by Crippen LogP contribution is -2.11. The number of ether oxygens (including phenoxy) is 1. The van der Waals surface area contributed by atoms with Gasteiger partial charge in [-0.1, -0.05) is 0 Å². The molecule has 15 heavy (non-hydrogen) atoms. The Labute approximate surface area is 89.3 Å². The number of anilines is 2. The predicted octanol–water partition coefficient (Wildman–Crippen LogP) is 1.11. The van der Waals surface area contributed by atoms with Crippen LogP contribution in [0.1, 0.15) is 12.8 Å². The van der Waals surface area contributed by atoms with Crippen molar-refractivity contribution in [1.29, 1.82) is 0 Å². The third-order valence-electron chi connectivity index (χ3n) is 2.18. The van der Waals surface area contributed by atoms with Crippen LogP contribution in [-0.4, -0.2) is 36.3 Å². The van der Waals surface area contributed by atoms with Crippen LogP contribution in [0.15, 0.2) is 12.3 Å². The molecule has 5 heteroatoms. The SMILES string of the molecule is COCCNc1ccnc(NC2CC2)n1. The fourth-order valence-electron chi connectivity index (χ4n) is 1.22. The monoisotopic (exact) mass is 208 g/mol. The van der Waals surface area contributed by atoms with Gasteiger partial charge in [-0.05, 0) is 18.9 Å². The number of hydrogen-bond donors (Lipinski definition) is 2. The Morgan fingerprint density at radius 3 is 3.13 bits per heavy atom. The molecule has 1 aromatic rings. The minimum absolute atomic E-state index is 0.583. The van der Waals surface area contributed by atoms with Crippen molar-refractivity contribution in [3.63, 3.8) is 0 Å². The molecule has 0 amide bonds. The molecular formula is C10H16N4O. The molecule has 0 radical (unpaired) electrons. The van der Waals surface area contributed by atoms with Crippen LogP contribution >= 0.6 is 0 Å². The molecule has 1 aromatic heterocycles. The Morgan fingerprint density at radius 1 is 1.53 bits per heavy atom. The molecule has 0 bridgehead atoms. The molecule has 0 aliphatic heterocycles. The van der Waals surface area contributed by atoms with E-state index in [0.717, 1.165) is 12.4 Å². The van der Waals surface area contributed by atoms with Crippen LogP contribution in [0.25, 0.3) is 0 Å². The summed E-state index contributed by atoms with van der Waals surface area (Å²) in [5, 5.41) is 6.42. The maximum Gasteiger partial charge on any atom is 0.224 e. The molecule has 0 unspecified atom stereocenters. The van der Waals surface area contributed by atoms with Crippen molar-refractivity contribution < 1.29 is 4.74 Å². The van der Waals surface area contributed by atoms with Crippen LogP contribution in [0.5, 0.6) is 0 Å². The maximum atomic E-state index is 4.95. The van der Waals surface area contributed by atoms with E-state index in [-0.39, 0.29) is 0 Å². The molecule has 2 rings (SSSR count). The molecule has 1 aliphatic carbocycles. The second-order valence-electron chi connectivity index (χ2n) is 3.60. The number of rotatable bonds is 6. The summed E-state index contributed by atoms with van der Waals surface area (Å²) in [6.45, 7) is 1.44. The van der Waals surface area contributed by atoms with Gasteiger partial charge in [0.1, 0.15) is 5.82 Å². The summed E-state index contributed by atoms with van der Waals surface area (Å²) in [6, 6.07) is 2.44. The van der Waals surface area contributed by atoms with Crippen molar-refractivity contribution in [1.82, 2.24) is 9.97 Å². The zero-order valence-corrected chi connectivity index (χ0v) is 8.86. The molecule has 1 fully saturated rings. The van der Waals surface area contributed by atoms with Gasteiger partial charge in [0.15, 0.2) is 0 Å². The topological polar surface area (TPSA) is 59.1 Å². The quantitative estimate of drug-likeness (QED) is 0.686. The molecule has 0 saturated heterocycles. The maximum absolute atomic E-state index is 4.95. The average molecular weight is 208 g/mol. The van der Waals surface area contributed by atoms with E-state index in [2.05, 4.69) is 20.6 Å². The fraction of sp³-hybridized carbons (Fsp3) is 0.600. The first-order valence-corrected chi connectivity index (χ1v) is 5.21. The second kappa shape index (κ2) is 4.93. The molecule has 2 N–H and O–H groups in total. The van der Waals surface area contributed by atoms with Gasteiger partial charge in [0.05, 0.1) is 6.61 Å². The third-order valence-corrected chi connectivity index (χ3v) is 2.18. The molecule has 0 atom stereocenters. The van der Waals surface area contributed by atoms with E-state index in [1.54, 1.807) is 13.3 Å². The first-order valence-electron chi connectivity index (χ1n) is 5.21. The molecule has 1 heterocycles. The van der Waals surface area contributed by atoms with Crippen molar-refractivity contribution in [2.75, 3.05) is 30.9 Å². The second-order valence-corrected chi connectivity index (χ2v) is 3.60. The number of nitrogens with zero attached hydrogens (tertiary/aromatic N) is 2. The van der Waals surface area contributed by atoms with Gasteiger partial charge in [-0.2, -0.15) is 4.98 Å². The van der Waals surface area contributed by atoms with Gasteiger partial charge in [0, 0.05) is 25.9 Å². The Hall–Kier alpha value is -1.36. The van der Waals surface area contributed by atoms with Crippen molar-refractivity contribution in [2.24, 2.45) is 0 Å². The van der Waals surface area contributed by atoms with E-state index in [9.17, 15) is 0 Å². The van der Waals surface area contributed by atoms with Crippen LogP contribution in [0.2, 0.25) is 0 Å². The van der Waals surface area contributed by atoms with Gasteiger partial charge < -0.3 is 15.4 Å². The molecule has 1 aliphatic rings.